The molecule has 0 spiro atoms. The highest BCUT2D eigenvalue weighted by Gasteiger charge is 2.42. The van der Waals surface area contributed by atoms with Gasteiger partial charge in [0, 0.05) is 39.3 Å². The summed E-state index contributed by atoms with van der Waals surface area (Å²) in [5, 5.41) is 26.8. The highest BCUT2D eigenvalue weighted by molar-refractivity contribution is 6.86. The van der Waals surface area contributed by atoms with E-state index in [0.29, 0.717) is 39.3 Å². The molecule has 0 heterocycles. The zero-order valence-corrected chi connectivity index (χ0v) is 15.9. The summed E-state index contributed by atoms with van der Waals surface area (Å²) in [6.07, 6.45) is 0. The Morgan fingerprint density at radius 2 is 1.19 bits per heavy atom. The highest BCUT2D eigenvalue weighted by Crippen LogP contribution is 2.20. The van der Waals surface area contributed by atoms with Crippen LogP contribution in [0.15, 0.2) is 0 Å². The molecule has 21 heavy (non-hydrogen) atoms. The second-order valence-electron chi connectivity index (χ2n) is 6.33. The molecule has 0 aliphatic carbocycles. The Balaban J connectivity index is 4.43. The largest absolute Gasteiger partial charge is 0.452 e. The monoisotopic (exact) mass is 338 g/mol. The first-order valence-electron chi connectivity index (χ1n) is 7.55. The number of nitrogens with two attached hydrogens (primary N) is 2. The molecule has 8 N–H and O–H groups in total. The summed E-state index contributed by atoms with van der Waals surface area (Å²) < 4.78 is 6.25. The molecule has 0 aromatic heterocycles. The molecule has 0 aliphatic rings. The van der Waals surface area contributed by atoms with Crippen molar-refractivity contribution >= 4 is 16.6 Å². The number of nitrogens with one attached hydrogen (secondary N) is 2. The molecular weight excluding hydrogens is 304 g/mol. The van der Waals surface area contributed by atoms with Gasteiger partial charge in [-0.2, -0.15) is 0 Å². The summed E-state index contributed by atoms with van der Waals surface area (Å²) >= 11 is 0. The van der Waals surface area contributed by atoms with Gasteiger partial charge < -0.3 is 36.4 Å². The van der Waals surface area contributed by atoms with Gasteiger partial charge in [-0.1, -0.05) is 0 Å². The van der Waals surface area contributed by atoms with E-state index in [1.807, 2.05) is 26.2 Å². The van der Waals surface area contributed by atoms with Crippen LogP contribution in [0.5, 0.6) is 0 Å². The molecule has 9 heteroatoms. The molecule has 0 fully saturated rings. The van der Waals surface area contributed by atoms with Gasteiger partial charge in [0.1, 0.15) is 0 Å². The molecule has 0 aromatic carbocycles. The molecule has 0 saturated heterocycles. The summed E-state index contributed by atoms with van der Waals surface area (Å²) in [6.45, 7) is 11.3. The van der Waals surface area contributed by atoms with Crippen LogP contribution in [0.25, 0.3) is 0 Å². The average molecular weight is 339 g/mol. The van der Waals surface area contributed by atoms with Crippen LogP contribution in [-0.4, -0.2) is 77.6 Å². The fourth-order valence-corrected chi connectivity index (χ4v) is 9.77. The smallest absolute Gasteiger partial charge is 0.203 e. The third kappa shape index (κ3) is 8.38. The van der Waals surface area contributed by atoms with Crippen LogP contribution in [0.3, 0.4) is 0 Å². The van der Waals surface area contributed by atoms with Crippen molar-refractivity contribution in [2.75, 3.05) is 39.3 Å². The number of aliphatic hydroxyl groups excluding tert-OH is 2. The number of hydrogen-bond acceptors (Lipinski definition) is 7. The van der Waals surface area contributed by atoms with E-state index in [-0.39, 0.29) is 0 Å². The Hall–Kier alpha value is 0.154. The molecule has 0 rings (SSSR count). The fourth-order valence-electron chi connectivity index (χ4n) is 1.99. The summed E-state index contributed by atoms with van der Waals surface area (Å²) in [4.78, 5) is 0. The third-order valence-corrected chi connectivity index (χ3v) is 11.3. The van der Waals surface area contributed by atoms with Gasteiger partial charge in [-0.15, -0.1) is 0 Å². The van der Waals surface area contributed by atoms with Gasteiger partial charge in [0.05, 0.1) is 11.5 Å². The zero-order chi connectivity index (χ0) is 16.5. The lowest BCUT2D eigenvalue weighted by Crippen LogP contribution is -2.61. The van der Waals surface area contributed by atoms with Crippen LogP contribution in [0.2, 0.25) is 26.2 Å². The molecule has 2 atom stereocenters. The summed E-state index contributed by atoms with van der Waals surface area (Å²) in [5.74, 6) is 0. The number of rotatable bonds is 12. The zero-order valence-electron chi connectivity index (χ0n) is 13.9. The van der Waals surface area contributed by atoms with Gasteiger partial charge >= 0.3 is 0 Å². The van der Waals surface area contributed by atoms with Crippen molar-refractivity contribution in [3.05, 3.63) is 0 Å². The topological polar surface area (TPSA) is 126 Å². The van der Waals surface area contributed by atoms with Crippen molar-refractivity contribution < 1.29 is 14.3 Å². The normalized spacial score (nSPS) is 16.0. The van der Waals surface area contributed by atoms with Crippen molar-refractivity contribution in [1.82, 2.24) is 10.6 Å². The van der Waals surface area contributed by atoms with E-state index < -0.39 is 28.1 Å². The van der Waals surface area contributed by atoms with Gasteiger partial charge in [0.15, 0.2) is 0 Å². The maximum Gasteiger partial charge on any atom is 0.203 e. The molecule has 7 nitrogen and oxygen atoms in total. The van der Waals surface area contributed by atoms with Crippen LogP contribution >= 0.6 is 0 Å². The van der Waals surface area contributed by atoms with Crippen LogP contribution in [-0.2, 0) is 4.12 Å². The van der Waals surface area contributed by atoms with Gasteiger partial charge in [-0.3, -0.25) is 0 Å². The van der Waals surface area contributed by atoms with Crippen molar-refractivity contribution in [3.63, 3.8) is 0 Å². The van der Waals surface area contributed by atoms with E-state index in [1.165, 1.54) is 0 Å². The van der Waals surface area contributed by atoms with Crippen molar-refractivity contribution in [1.29, 1.82) is 0 Å². The van der Waals surface area contributed by atoms with E-state index in [0.717, 1.165) is 0 Å². The summed E-state index contributed by atoms with van der Waals surface area (Å²) in [7, 11) is -4.60. The van der Waals surface area contributed by atoms with Gasteiger partial charge in [0.25, 0.3) is 0 Å². The Bertz CT molecular complexity index is 257. The van der Waals surface area contributed by atoms with E-state index in [9.17, 15) is 10.2 Å². The lowest BCUT2D eigenvalue weighted by atomic mass is 10.6. The predicted molar refractivity (Wildman–Crippen MR) is 91.9 cm³/mol. The minimum absolute atomic E-state index is 0.475. The molecule has 0 aliphatic heterocycles. The fraction of sp³-hybridized carbons (Fsp3) is 1.00. The average Bonchev–Trinajstić information content (AvgIpc) is 2.37. The highest BCUT2D eigenvalue weighted by atomic mass is 28.4. The molecule has 0 amide bonds. The maximum absolute atomic E-state index is 10.3. The SMILES string of the molecule is C[Si](C)(O[Si](C)(C)C(O)CNCCN)C(O)CNCCN. The lowest BCUT2D eigenvalue weighted by Gasteiger charge is -2.39. The van der Waals surface area contributed by atoms with Gasteiger partial charge in [0.2, 0.25) is 16.6 Å². The predicted octanol–water partition coefficient (Wildman–Crippen LogP) is -1.69. The Labute approximate surface area is 130 Å². The molecule has 0 bridgehead atoms. The first-order valence-corrected chi connectivity index (χ1v) is 13.5. The van der Waals surface area contributed by atoms with Crippen LogP contribution < -0.4 is 22.1 Å². The van der Waals surface area contributed by atoms with Crippen molar-refractivity contribution in [2.45, 2.75) is 37.6 Å². The third-order valence-electron chi connectivity index (χ3n) is 3.45. The standard InChI is InChI=1S/C12H34N4O3Si2/c1-20(2,11(17)9-15-7-5-13)19-21(3,4)12(18)10-16-8-6-14/h11-12,15-18H,5-10,13-14H2,1-4H3. The van der Waals surface area contributed by atoms with Gasteiger partial charge in [-0.05, 0) is 26.2 Å². The summed E-state index contributed by atoms with van der Waals surface area (Å²) in [5.41, 5.74) is 9.78. The lowest BCUT2D eigenvalue weighted by molar-refractivity contribution is 0.200. The van der Waals surface area contributed by atoms with Crippen molar-refractivity contribution in [2.24, 2.45) is 11.5 Å². The van der Waals surface area contributed by atoms with E-state index in [4.69, 9.17) is 15.6 Å². The Morgan fingerprint density at radius 1 is 0.857 bits per heavy atom. The molecule has 0 radical (unpaired) electrons. The van der Waals surface area contributed by atoms with Crippen LogP contribution in [0.4, 0.5) is 0 Å². The quantitative estimate of drug-likeness (QED) is 0.185. The first-order chi connectivity index (χ1) is 9.67. The molecular formula is C12H34N4O3Si2. The van der Waals surface area contributed by atoms with Gasteiger partial charge in [-0.25, -0.2) is 0 Å². The first kappa shape index (κ1) is 21.2. The van der Waals surface area contributed by atoms with Crippen molar-refractivity contribution in [3.8, 4) is 0 Å². The summed E-state index contributed by atoms with van der Waals surface area (Å²) in [6, 6.07) is 0. The molecule has 2 unspecified atom stereocenters. The maximum atomic E-state index is 10.3. The minimum atomic E-state index is -2.30. The van der Waals surface area contributed by atoms with Crippen LogP contribution in [0, 0.1) is 0 Å². The van der Waals surface area contributed by atoms with E-state index >= 15 is 0 Å². The van der Waals surface area contributed by atoms with E-state index in [2.05, 4.69) is 10.6 Å². The van der Waals surface area contributed by atoms with Crippen LogP contribution in [0.1, 0.15) is 0 Å². The minimum Gasteiger partial charge on any atom is -0.452 e. The Morgan fingerprint density at radius 3 is 1.48 bits per heavy atom. The Kier molecular flexibility index (Phi) is 10.1. The second-order valence-corrected chi connectivity index (χ2v) is 14.9. The van der Waals surface area contributed by atoms with E-state index in [1.54, 1.807) is 0 Å². The molecule has 0 saturated carbocycles. The molecule has 0 aromatic rings. The second kappa shape index (κ2) is 10.0. The number of hydrogen-bond donors (Lipinski definition) is 6. The number of aliphatic hydroxyl groups is 2. The molecule has 128 valence electrons.